The van der Waals surface area contributed by atoms with Gasteiger partial charge in [-0.1, -0.05) is 17.7 Å². The molecular formula is C12H16ClN3O. The molecule has 92 valence electrons. The molecular weight excluding hydrogens is 238 g/mol. The summed E-state index contributed by atoms with van der Waals surface area (Å²) in [7, 11) is 0. The van der Waals surface area contributed by atoms with Gasteiger partial charge in [0.2, 0.25) is 5.91 Å². The summed E-state index contributed by atoms with van der Waals surface area (Å²) in [6.45, 7) is 5.14. The fourth-order valence-electron chi connectivity index (χ4n) is 2.01. The number of carbonyl (C=O) groups is 1. The highest BCUT2D eigenvalue weighted by molar-refractivity contribution is 6.30. The smallest absolute Gasteiger partial charge is 0.227 e. The maximum Gasteiger partial charge on any atom is 0.227 e. The van der Waals surface area contributed by atoms with Crippen molar-refractivity contribution in [3.05, 3.63) is 28.1 Å². The predicted octanol–water partition coefficient (Wildman–Crippen LogP) is 1.92. The van der Waals surface area contributed by atoms with Crippen molar-refractivity contribution in [3.63, 3.8) is 0 Å². The maximum absolute atomic E-state index is 12.1. The van der Waals surface area contributed by atoms with Crippen molar-refractivity contribution in [1.29, 1.82) is 0 Å². The fourth-order valence-corrected chi connectivity index (χ4v) is 2.27. The topological polar surface area (TPSA) is 49.0 Å². The third-order valence-corrected chi connectivity index (χ3v) is 3.34. The Morgan fingerprint density at radius 3 is 2.94 bits per heavy atom. The Labute approximate surface area is 106 Å². The van der Waals surface area contributed by atoms with Crippen molar-refractivity contribution in [2.45, 2.75) is 26.7 Å². The number of amides is 1. The van der Waals surface area contributed by atoms with Crippen molar-refractivity contribution < 1.29 is 4.79 Å². The zero-order valence-corrected chi connectivity index (χ0v) is 10.8. The number of aromatic nitrogens is 2. The monoisotopic (exact) mass is 253 g/mol. The first-order valence-electron chi connectivity index (χ1n) is 5.70. The minimum absolute atomic E-state index is 0.115. The van der Waals surface area contributed by atoms with E-state index < -0.39 is 0 Å². The van der Waals surface area contributed by atoms with E-state index in [4.69, 9.17) is 11.6 Å². The first-order chi connectivity index (χ1) is 8.08. The van der Waals surface area contributed by atoms with Crippen LogP contribution in [0.25, 0.3) is 0 Å². The van der Waals surface area contributed by atoms with Gasteiger partial charge in [-0.15, -0.1) is 0 Å². The molecule has 0 spiro atoms. The van der Waals surface area contributed by atoms with Crippen LogP contribution in [0.15, 0.2) is 11.1 Å². The lowest BCUT2D eigenvalue weighted by Crippen LogP contribution is -2.36. The SMILES string of the molecule is Cc1n[nH]c(C)c1CC(=O)N1CCC=C(Cl)C1. The molecule has 1 aromatic rings. The van der Waals surface area contributed by atoms with E-state index in [1.54, 1.807) is 4.90 Å². The highest BCUT2D eigenvalue weighted by atomic mass is 35.5. The van der Waals surface area contributed by atoms with Gasteiger partial charge in [-0.05, 0) is 20.3 Å². The van der Waals surface area contributed by atoms with E-state index in [2.05, 4.69) is 10.2 Å². The number of carbonyl (C=O) groups excluding carboxylic acids is 1. The standard InChI is InChI=1S/C12H16ClN3O/c1-8-11(9(2)15-14-8)6-12(17)16-5-3-4-10(13)7-16/h4H,3,5-7H2,1-2H3,(H,14,15). The van der Waals surface area contributed by atoms with Gasteiger partial charge in [0, 0.05) is 22.8 Å². The molecule has 0 atom stereocenters. The summed E-state index contributed by atoms with van der Waals surface area (Å²) >= 11 is 5.95. The Bertz CT molecular complexity index is 445. The number of aryl methyl sites for hydroxylation is 2. The molecule has 17 heavy (non-hydrogen) atoms. The number of hydrogen-bond donors (Lipinski definition) is 1. The van der Waals surface area contributed by atoms with E-state index in [0.717, 1.165) is 34.9 Å². The van der Waals surface area contributed by atoms with Crippen LogP contribution < -0.4 is 0 Å². The maximum atomic E-state index is 12.1. The van der Waals surface area contributed by atoms with E-state index in [1.165, 1.54) is 0 Å². The number of hydrogen-bond acceptors (Lipinski definition) is 2. The second kappa shape index (κ2) is 4.92. The largest absolute Gasteiger partial charge is 0.337 e. The van der Waals surface area contributed by atoms with Gasteiger partial charge in [0.1, 0.15) is 0 Å². The Morgan fingerprint density at radius 1 is 1.59 bits per heavy atom. The summed E-state index contributed by atoms with van der Waals surface area (Å²) < 4.78 is 0. The second-order valence-corrected chi connectivity index (χ2v) is 4.83. The van der Waals surface area contributed by atoms with Crippen LogP contribution in [-0.4, -0.2) is 34.1 Å². The lowest BCUT2D eigenvalue weighted by Gasteiger charge is -2.25. The Hall–Kier alpha value is -1.29. The van der Waals surface area contributed by atoms with E-state index >= 15 is 0 Å². The van der Waals surface area contributed by atoms with Crippen molar-refractivity contribution >= 4 is 17.5 Å². The average Bonchev–Trinajstić information content (AvgIpc) is 2.61. The molecule has 4 nitrogen and oxygen atoms in total. The number of rotatable bonds is 2. The van der Waals surface area contributed by atoms with Crippen LogP contribution in [0.4, 0.5) is 0 Å². The van der Waals surface area contributed by atoms with Crippen LogP contribution in [0.3, 0.4) is 0 Å². The normalized spacial score (nSPS) is 15.9. The van der Waals surface area contributed by atoms with Crippen LogP contribution in [0.5, 0.6) is 0 Å². The van der Waals surface area contributed by atoms with Crippen molar-refractivity contribution in [3.8, 4) is 0 Å². The third-order valence-electron chi connectivity index (χ3n) is 3.07. The third kappa shape index (κ3) is 2.69. The van der Waals surface area contributed by atoms with Gasteiger partial charge in [-0.3, -0.25) is 9.89 Å². The average molecular weight is 254 g/mol. The Balaban J connectivity index is 2.05. The summed E-state index contributed by atoms with van der Waals surface area (Å²) in [4.78, 5) is 13.9. The molecule has 0 bridgehead atoms. The van der Waals surface area contributed by atoms with Gasteiger partial charge < -0.3 is 4.90 Å². The Morgan fingerprint density at radius 2 is 2.35 bits per heavy atom. The van der Waals surface area contributed by atoms with Crippen LogP contribution in [0.1, 0.15) is 23.4 Å². The van der Waals surface area contributed by atoms with Crippen molar-refractivity contribution in [2.75, 3.05) is 13.1 Å². The van der Waals surface area contributed by atoms with Gasteiger partial charge in [-0.2, -0.15) is 5.10 Å². The molecule has 0 radical (unpaired) electrons. The van der Waals surface area contributed by atoms with Crippen LogP contribution in [-0.2, 0) is 11.2 Å². The molecule has 1 aromatic heterocycles. The molecule has 0 saturated carbocycles. The molecule has 0 fully saturated rings. The van der Waals surface area contributed by atoms with Gasteiger partial charge in [-0.25, -0.2) is 0 Å². The molecule has 0 unspecified atom stereocenters. The quantitative estimate of drug-likeness (QED) is 0.876. The van der Waals surface area contributed by atoms with Gasteiger partial charge >= 0.3 is 0 Å². The molecule has 1 aliphatic rings. The first kappa shape index (κ1) is 12.2. The van der Waals surface area contributed by atoms with Crippen LogP contribution in [0, 0.1) is 13.8 Å². The van der Waals surface area contributed by atoms with Gasteiger partial charge in [0.25, 0.3) is 0 Å². The summed E-state index contributed by atoms with van der Waals surface area (Å²) in [5.41, 5.74) is 2.87. The molecule has 1 amide bonds. The first-order valence-corrected chi connectivity index (χ1v) is 6.08. The highest BCUT2D eigenvalue weighted by Gasteiger charge is 2.19. The lowest BCUT2D eigenvalue weighted by molar-refractivity contribution is -0.130. The van der Waals surface area contributed by atoms with E-state index in [1.807, 2.05) is 19.9 Å². The van der Waals surface area contributed by atoms with Gasteiger partial charge in [0.05, 0.1) is 18.7 Å². The van der Waals surface area contributed by atoms with Crippen molar-refractivity contribution in [1.82, 2.24) is 15.1 Å². The van der Waals surface area contributed by atoms with Gasteiger partial charge in [0.15, 0.2) is 0 Å². The summed E-state index contributed by atoms with van der Waals surface area (Å²) in [6.07, 6.45) is 3.21. The summed E-state index contributed by atoms with van der Waals surface area (Å²) in [6, 6.07) is 0. The molecule has 0 aliphatic carbocycles. The summed E-state index contributed by atoms with van der Waals surface area (Å²) in [5.74, 6) is 0.115. The molecule has 2 heterocycles. The molecule has 1 N–H and O–H groups in total. The van der Waals surface area contributed by atoms with E-state index in [-0.39, 0.29) is 5.91 Å². The Kier molecular flexibility index (Phi) is 3.52. The van der Waals surface area contributed by atoms with E-state index in [0.29, 0.717) is 13.0 Å². The minimum atomic E-state index is 0.115. The van der Waals surface area contributed by atoms with E-state index in [9.17, 15) is 4.79 Å². The second-order valence-electron chi connectivity index (χ2n) is 4.34. The summed E-state index contributed by atoms with van der Waals surface area (Å²) in [5, 5.41) is 7.75. The predicted molar refractivity (Wildman–Crippen MR) is 66.9 cm³/mol. The zero-order valence-electron chi connectivity index (χ0n) is 10.1. The number of halogens is 1. The molecule has 1 aliphatic heterocycles. The van der Waals surface area contributed by atoms with Crippen molar-refractivity contribution in [2.24, 2.45) is 0 Å². The zero-order chi connectivity index (χ0) is 12.4. The number of nitrogens with zero attached hydrogens (tertiary/aromatic N) is 2. The molecule has 0 saturated heterocycles. The van der Waals surface area contributed by atoms with Crippen LogP contribution in [0.2, 0.25) is 0 Å². The fraction of sp³-hybridized carbons (Fsp3) is 0.500. The number of aromatic amines is 1. The molecule has 2 rings (SSSR count). The molecule has 0 aromatic carbocycles. The number of H-pyrrole nitrogens is 1. The highest BCUT2D eigenvalue weighted by Crippen LogP contribution is 2.16. The van der Waals surface area contributed by atoms with Crippen LogP contribution >= 0.6 is 11.6 Å². The minimum Gasteiger partial charge on any atom is -0.337 e. The lowest BCUT2D eigenvalue weighted by atomic mass is 10.1. The molecule has 5 heteroatoms. The number of nitrogens with one attached hydrogen (secondary N) is 1.